The molecular formula is C25H29BrN4O4S. The van der Waals surface area contributed by atoms with Gasteiger partial charge in [-0.25, -0.2) is 8.42 Å². The summed E-state index contributed by atoms with van der Waals surface area (Å²) in [6.07, 6.45) is 4.74. The summed E-state index contributed by atoms with van der Waals surface area (Å²) < 4.78 is 33.3. The molecule has 2 atom stereocenters. The fraction of sp³-hybridized carbons (Fsp3) is 0.440. The highest BCUT2D eigenvalue weighted by Crippen LogP contribution is 2.45. The van der Waals surface area contributed by atoms with Crippen LogP contribution >= 0.6 is 15.9 Å². The lowest BCUT2D eigenvalue weighted by Crippen LogP contribution is -2.31. The predicted molar refractivity (Wildman–Crippen MR) is 141 cm³/mol. The zero-order valence-corrected chi connectivity index (χ0v) is 22.2. The van der Waals surface area contributed by atoms with Crippen molar-refractivity contribution in [1.29, 1.82) is 0 Å². The van der Waals surface area contributed by atoms with E-state index in [0.717, 1.165) is 40.4 Å². The van der Waals surface area contributed by atoms with Crippen LogP contribution in [0.4, 0.5) is 11.4 Å². The molecule has 1 saturated heterocycles. The molecule has 2 heterocycles. The van der Waals surface area contributed by atoms with Crippen LogP contribution < -0.4 is 10.6 Å². The van der Waals surface area contributed by atoms with Crippen LogP contribution in [-0.2, 0) is 21.6 Å². The molecule has 10 heteroatoms. The number of amides is 1. The Morgan fingerprint density at radius 1 is 1.23 bits per heavy atom. The highest BCUT2D eigenvalue weighted by atomic mass is 79.9. The molecule has 5 rings (SSSR count). The van der Waals surface area contributed by atoms with Crippen LogP contribution in [0.15, 0.2) is 40.9 Å². The number of anilines is 2. The van der Waals surface area contributed by atoms with E-state index in [2.05, 4.69) is 31.7 Å². The second kappa shape index (κ2) is 9.55. The third-order valence-electron chi connectivity index (χ3n) is 6.74. The molecule has 2 unspecified atom stereocenters. The lowest BCUT2D eigenvalue weighted by Gasteiger charge is -2.23. The quantitative estimate of drug-likeness (QED) is 0.415. The summed E-state index contributed by atoms with van der Waals surface area (Å²) >= 11 is 3.41. The fourth-order valence-electron chi connectivity index (χ4n) is 4.70. The maximum Gasteiger partial charge on any atom is 0.274 e. The van der Waals surface area contributed by atoms with Crippen molar-refractivity contribution in [3.05, 3.63) is 52.1 Å². The Kier molecular flexibility index (Phi) is 6.63. The van der Waals surface area contributed by atoms with Gasteiger partial charge in [0.1, 0.15) is 11.1 Å². The Balaban J connectivity index is 1.48. The van der Waals surface area contributed by atoms with E-state index in [1.165, 1.54) is 6.26 Å². The lowest BCUT2D eigenvalue weighted by atomic mass is 10.0. The number of aryl methyl sites for hydroxylation is 1. The van der Waals surface area contributed by atoms with Gasteiger partial charge in [-0.3, -0.25) is 9.48 Å². The molecule has 1 aliphatic heterocycles. The number of sulfone groups is 1. The molecule has 186 valence electrons. The van der Waals surface area contributed by atoms with E-state index in [1.807, 2.05) is 36.4 Å². The number of nitrogens with one attached hydrogen (secondary N) is 2. The number of rotatable bonds is 8. The van der Waals surface area contributed by atoms with E-state index in [9.17, 15) is 13.2 Å². The predicted octanol–water partition coefficient (Wildman–Crippen LogP) is 4.67. The van der Waals surface area contributed by atoms with Gasteiger partial charge in [0, 0.05) is 47.8 Å². The monoisotopic (exact) mass is 560 g/mol. The molecule has 35 heavy (non-hydrogen) atoms. The second-order valence-electron chi connectivity index (χ2n) is 9.59. The molecule has 2 fully saturated rings. The first-order chi connectivity index (χ1) is 16.7. The Morgan fingerprint density at radius 3 is 2.60 bits per heavy atom. The van der Waals surface area contributed by atoms with E-state index < -0.39 is 15.2 Å². The SMILES string of the molecule is Cn1nc2cc(NC(CC3CCOC3)S(C)(=O)=O)c(C3CC3)cc2c1C(=O)Nc1ccc(Br)cc1. The van der Waals surface area contributed by atoms with E-state index in [-0.39, 0.29) is 11.8 Å². The summed E-state index contributed by atoms with van der Waals surface area (Å²) in [4.78, 5) is 13.2. The first-order valence-corrected chi connectivity index (χ1v) is 14.5. The molecule has 1 amide bonds. The summed E-state index contributed by atoms with van der Waals surface area (Å²) in [5.74, 6) is 0.327. The summed E-state index contributed by atoms with van der Waals surface area (Å²) in [6, 6.07) is 11.3. The van der Waals surface area contributed by atoms with Crippen LogP contribution in [-0.4, -0.2) is 48.9 Å². The number of fused-ring (bicyclic) bond motifs is 1. The molecule has 2 aromatic carbocycles. The number of hydrogen-bond donors (Lipinski definition) is 2. The minimum Gasteiger partial charge on any atom is -0.381 e. The van der Waals surface area contributed by atoms with Crippen LogP contribution in [0.1, 0.15) is 47.7 Å². The van der Waals surface area contributed by atoms with Crippen LogP contribution in [0.25, 0.3) is 10.9 Å². The van der Waals surface area contributed by atoms with Crippen LogP contribution in [0.5, 0.6) is 0 Å². The van der Waals surface area contributed by atoms with Gasteiger partial charge in [0.15, 0.2) is 9.84 Å². The number of ether oxygens (including phenoxy) is 1. The molecule has 2 N–H and O–H groups in total. The summed E-state index contributed by atoms with van der Waals surface area (Å²) in [5.41, 5.74) is 3.64. The van der Waals surface area contributed by atoms with Crippen molar-refractivity contribution in [2.24, 2.45) is 13.0 Å². The van der Waals surface area contributed by atoms with Gasteiger partial charge < -0.3 is 15.4 Å². The number of aromatic nitrogens is 2. The third kappa shape index (κ3) is 5.39. The fourth-order valence-corrected chi connectivity index (χ4v) is 5.93. The number of nitrogens with zero attached hydrogens (tertiary/aromatic N) is 2. The van der Waals surface area contributed by atoms with Crippen molar-refractivity contribution in [1.82, 2.24) is 9.78 Å². The van der Waals surface area contributed by atoms with E-state index in [1.54, 1.807) is 11.7 Å². The van der Waals surface area contributed by atoms with Gasteiger partial charge >= 0.3 is 0 Å². The smallest absolute Gasteiger partial charge is 0.274 e. The Morgan fingerprint density at radius 2 is 1.97 bits per heavy atom. The van der Waals surface area contributed by atoms with Crippen molar-refractivity contribution < 1.29 is 17.9 Å². The van der Waals surface area contributed by atoms with Crippen LogP contribution in [0.3, 0.4) is 0 Å². The minimum atomic E-state index is -3.34. The summed E-state index contributed by atoms with van der Waals surface area (Å²) in [7, 11) is -1.59. The van der Waals surface area contributed by atoms with Crippen molar-refractivity contribution >= 4 is 54.0 Å². The zero-order chi connectivity index (χ0) is 24.7. The highest BCUT2D eigenvalue weighted by molar-refractivity contribution is 9.10. The first-order valence-electron chi connectivity index (χ1n) is 11.8. The number of halogens is 1. The summed E-state index contributed by atoms with van der Waals surface area (Å²) in [6.45, 7) is 1.28. The maximum atomic E-state index is 13.2. The number of hydrogen-bond acceptors (Lipinski definition) is 6. The molecule has 1 aliphatic carbocycles. The topological polar surface area (TPSA) is 102 Å². The highest BCUT2D eigenvalue weighted by Gasteiger charge is 2.32. The van der Waals surface area contributed by atoms with Gasteiger partial charge in [0.05, 0.1) is 5.52 Å². The molecule has 0 radical (unpaired) electrons. The van der Waals surface area contributed by atoms with Crippen molar-refractivity contribution in [2.45, 2.75) is 37.0 Å². The van der Waals surface area contributed by atoms with Crippen LogP contribution in [0, 0.1) is 5.92 Å². The van der Waals surface area contributed by atoms with Gasteiger partial charge in [-0.15, -0.1) is 0 Å². The molecular weight excluding hydrogens is 532 g/mol. The van der Waals surface area contributed by atoms with Gasteiger partial charge in [0.25, 0.3) is 5.91 Å². The molecule has 1 saturated carbocycles. The largest absolute Gasteiger partial charge is 0.381 e. The molecule has 2 aliphatic rings. The zero-order valence-electron chi connectivity index (χ0n) is 19.8. The van der Waals surface area contributed by atoms with E-state index in [0.29, 0.717) is 42.5 Å². The maximum absolute atomic E-state index is 13.2. The second-order valence-corrected chi connectivity index (χ2v) is 12.7. The van der Waals surface area contributed by atoms with Gasteiger partial charge in [-0.2, -0.15) is 5.10 Å². The molecule has 3 aromatic rings. The van der Waals surface area contributed by atoms with Crippen molar-refractivity contribution in [3.8, 4) is 0 Å². The summed E-state index contributed by atoms with van der Waals surface area (Å²) in [5, 5.41) is 10.9. The van der Waals surface area contributed by atoms with Gasteiger partial charge in [-0.1, -0.05) is 15.9 Å². The molecule has 0 bridgehead atoms. The lowest BCUT2D eigenvalue weighted by molar-refractivity contribution is 0.101. The molecule has 0 spiro atoms. The number of benzene rings is 2. The average Bonchev–Trinajstić information content (AvgIpc) is 3.40. The van der Waals surface area contributed by atoms with Gasteiger partial charge in [0.2, 0.25) is 0 Å². The third-order valence-corrected chi connectivity index (χ3v) is 8.62. The van der Waals surface area contributed by atoms with E-state index in [4.69, 9.17) is 4.74 Å². The number of carbonyl (C=O) groups excluding carboxylic acids is 1. The first kappa shape index (κ1) is 24.3. The van der Waals surface area contributed by atoms with Crippen molar-refractivity contribution in [3.63, 3.8) is 0 Å². The van der Waals surface area contributed by atoms with E-state index >= 15 is 0 Å². The number of carbonyl (C=O) groups is 1. The normalized spacial score (nSPS) is 19.1. The Bertz CT molecular complexity index is 1360. The van der Waals surface area contributed by atoms with Gasteiger partial charge in [-0.05, 0) is 79.5 Å². The van der Waals surface area contributed by atoms with Crippen LogP contribution in [0.2, 0.25) is 0 Å². The molecule has 1 aromatic heterocycles. The minimum absolute atomic E-state index is 0.221. The Labute approximate surface area is 213 Å². The average molecular weight is 562 g/mol. The molecule has 8 nitrogen and oxygen atoms in total. The standard InChI is InChI=1S/C25H29BrN4O4S/c1-30-24(25(31)27-18-7-5-17(26)6-8-18)20-12-19(16-3-4-16)21(13-22(20)29-30)28-23(35(2,32)33)11-15-9-10-34-14-15/h5-8,12-13,15-16,23,28H,3-4,9-11,14H2,1-2H3,(H,27,31). The van der Waals surface area contributed by atoms with Crippen molar-refractivity contribution in [2.75, 3.05) is 30.1 Å². The Hall–Kier alpha value is -2.43.